The molecule has 2 aromatic rings. The van der Waals surface area contributed by atoms with E-state index in [-0.39, 0.29) is 17.4 Å². The van der Waals surface area contributed by atoms with Crippen LogP contribution < -0.4 is 4.74 Å². The van der Waals surface area contributed by atoms with E-state index in [0.717, 1.165) is 0 Å². The highest BCUT2D eigenvalue weighted by Gasteiger charge is 2.25. The van der Waals surface area contributed by atoms with Crippen molar-refractivity contribution >= 4 is 6.29 Å². The van der Waals surface area contributed by atoms with Gasteiger partial charge < -0.3 is 4.74 Å². The number of para-hydroxylation sites is 1. The molecule has 0 N–H and O–H groups in total. The maximum absolute atomic E-state index is 13.9. The van der Waals surface area contributed by atoms with Gasteiger partial charge in [-0.1, -0.05) is 12.1 Å². The van der Waals surface area contributed by atoms with Gasteiger partial charge in [0.15, 0.2) is 29.6 Å². The second kappa shape index (κ2) is 5.90. The van der Waals surface area contributed by atoms with Crippen LogP contribution in [0.5, 0.6) is 5.75 Å². The van der Waals surface area contributed by atoms with Crippen molar-refractivity contribution in [1.29, 1.82) is 0 Å². The SMILES string of the molecule is O=Cc1ccccc1OC(F)c1cc(F)c(F)c(F)c1F. The molecular weight excluding hydrogens is 295 g/mol. The third-order valence-electron chi connectivity index (χ3n) is 2.65. The molecule has 0 spiro atoms. The molecule has 0 amide bonds. The van der Waals surface area contributed by atoms with Gasteiger partial charge in [-0.15, -0.1) is 0 Å². The first-order valence-corrected chi connectivity index (χ1v) is 5.63. The van der Waals surface area contributed by atoms with Crippen molar-refractivity contribution in [3.05, 3.63) is 64.7 Å². The number of carbonyl (C=O) groups excluding carboxylic acids is 1. The number of halogens is 5. The minimum absolute atomic E-state index is 0.0383. The van der Waals surface area contributed by atoms with E-state index in [4.69, 9.17) is 0 Å². The van der Waals surface area contributed by atoms with Gasteiger partial charge >= 0.3 is 0 Å². The zero-order chi connectivity index (χ0) is 15.6. The summed E-state index contributed by atoms with van der Waals surface area (Å²) in [5.41, 5.74) is -1.18. The van der Waals surface area contributed by atoms with Crippen molar-refractivity contribution in [3.63, 3.8) is 0 Å². The van der Waals surface area contributed by atoms with Gasteiger partial charge in [0.25, 0.3) is 6.36 Å². The largest absolute Gasteiger partial charge is 0.455 e. The molecule has 21 heavy (non-hydrogen) atoms. The lowest BCUT2D eigenvalue weighted by molar-refractivity contribution is 0.0613. The van der Waals surface area contributed by atoms with E-state index in [0.29, 0.717) is 6.29 Å². The fourth-order valence-corrected chi connectivity index (χ4v) is 1.62. The molecule has 2 nitrogen and oxygen atoms in total. The molecule has 0 aromatic heterocycles. The van der Waals surface area contributed by atoms with Crippen molar-refractivity contribution < 1.29 is 31.5 Å². The number of rotatable bonds is 4. The molecule has 0 saturated carbocycles. The normalized spacial score (nSPS) is 12.0. The van der Waals surface area contributed by atoms with Crippen LogP contribution in [0, 0.1) is 23.3 Å². The number of alkyl halides is 1. The van der Waals surface area contributed by atoms with E-state index >= 15 is 0 Å². The van der Waals surface area contributed by atoms with Crippen LogP contribution in [0.2, 0.25) is 0 Å². The van der Waals surface area contributed by atoms with Crippen LogP contribution >= 0.6 is 0 Å². The van der Waals surface area contributed by atoms with E-state index in [2.05, 4.69) is 4.74 Å². The Labute approximate surface area is 115 Å². The molecule has 2 rings (SSSR count). The Hall–Kier alpha value is -2.44. The molecule has 2 aromatic carbocycles. The molecule has 0 aliphatic carbocycles. The van der Waals surface area contributed by atoms with Gasteiger partial charge in [-0.2, -0.15) is 4.39 Å². The second-order valence-electron chi connectivity index (χ2n) is 3.98. The highest BCUT2D eigenvalue weighted by Crippen LogP contribution is 2.29. The molecule has 0 radical (unpaired) electrons. The summed E-state index contributed by atoms with van der Waals surface area (Å²) in [6.07, 6.45) is -2.25. The lowest BCUT2D eigenvalue weighted by Crippen LogP contribution is -2.09. The minimum Gasteiger partial charge on any atom is -0.455 e. The Balaban J connectivity index is 2.37. The van der Waals surface area contributed by atoms with Crippen LogP contribution in [0.3, 0.4) is 0 Å². The Bertz CT molecular complexity index is 687. The van der Waals surface area contributed by atoms with Gasteiger partial charge in [-0.3, -0.25) is 4.79 Å². The zero-order valence-corrected chi connectivity index (χ0v) is 10.2. The molecule has 0 heterocycles. The minimum atomic E-state index is -2.62. The van der Waals surface area contributed by atoms with E-state index in [1.807, 2.05) is 0 Å². The fraction of sp³-hybridized carbons (Fsp3) is 0.0714. The molecule has 0 saturated heterocycles. The van der Waals surface area contributed by atoms with Gasteiger partial charge in [0, 0.05) is 0 Å². The van der Waals surface area contributed by atoms with Gasteiger partial charge in [0.2, 0.25) is 0 Å². The predicted molar refractivity (Wildman–Crippen MR) is 62.6 cm³/mol. The molecular formula is C14H7F5O2. The van der Waals surface area contributed by atoms with E-state index in [1.165, 1.54) is 24.3 Å². The average Bonchev–Trinajstić information content (AvgIpc) is 2.49. The van der Waals surface area contributed by atoms with E-state index in [1.54, 1.807) is 0 Å². The summed E-state index contributed by atoms with van der Waals surface area (Å²) in [6, 6.07) is 5.56. The number of benzene rings is 2. The third-order valence-corrected chi connectivity index (χ3v) is 2.65. The monoisotopic (exact) mass is 302 g/mol. The third kappa shape index (κ3) is 2.86. The topological polar surface area (TPSA) is 26.3 Å². The Kier molecular flexibility index (Phi) is 4.21. The van der Waals surface area contributed by atoms with Crippen molar-refractivity contribution in [2.75, 3.05) is 0 Å². The number of hydrogen-bond acceptors (Lipinski definition) is 2. The summed E-state index contributed by atoms with van der Waals surface area (Å²) < 4.78 is 70.7. The zero-order valence-electron chi connectivity index (χ0n) is 10.2. The van der Waals surface area contributed by atoms with E-state index < -0.39 is 35.2 Å². The van der Waals surface area contributed by atoms with Crippen LogP contribution in [0.4, 0.5) is 22.0 Å². The predicted octanol–water partition coefficient (Wildman–Crippen LogP) is 4.10. The first-order chi connectivity index (χ1) is 9.95. The molecule has 1 atom stereocenters. The molecule has 110 valence electrons. The van der Waals surface area contributed by atoms with Crippen LogP contribution in [0.25, 0.3) is 0 Å². The van der Waals surface area contributed by atoms with Crippen molar-refractivity contribution in [3.8, 4) is 5.75 Å². The van der Waals surface area contributed by atoms with Crippen LogP contribution in [0.15, 0.2) is 30.3 Å². The number of hydrogen-bond donors (Lipinski definition) is 0. The standard InChI is InChI=1S/C14H7F5O2/c15-9-5-8(11(16)13(18)12(9)17)14(19)21-10-4-2-1-3-7(10)6-20/h1-6,14H. The van der Waals surface area contributed by atoms with Gasteiger partial charge in [-0.25, -0.2) is 17.6 Å². The van der Waals surface area contributed by atoms with Crippen LogP contribution in [-0.2, 0) is 0 Å². The summed E-state index contributed by atoms with van der Waals surface area (Å²) in [5.74, 6) is -8.08. The Morgan fingerprint density at radius 2 is 1.67 bits per heavy atom. The molecule has 1 unspecified atom stereocenters. The summed E-state index contributed by atoms with van der Waals surface area (Å²) in [6.45, 7) is 0. The van der Waals surface area contributed by atoms with Crippen LogP contribution in [-0.4, -0.2) is 6.29 Å². The Morgan fingerprint density at radius 1 is 1.00 bits per heavy atom. The van der Waals surface area contributed by atoms with Crippen molar-refractivity contribution in [2.45, 2.75) is 6.36 Å². The fourth-order valence-electron chi connectivity index (χ4n) is 1.62. The summed E-state index contributed by atoms with van der Waals surface area (Å²) >= 11 is 0. The number of ether oxygens (including phenoxy) is 1. The molecule has 7 heteroatoms. The van der Waals surface area contributed by atoms with Gasteiger partial charge in [0.05, 0.1) is 11.1 Å². The smallest absolute Gasteiger partial charge is 0.267 e. The van der Waals surface area contributed by atoms with Crippen molar-refractivity contribution in [1.82, 2.24) is 0 Å². The Morgan fingerprint density at radius 3 is 2.33 bits per heavy atom. The van der Waals surface area contributed by atoms with Gasteiger partial charge in [-0.05, 0) is 18.2 Å². The summed E-state index contributed by atoms with van der Waals surface area (Å²) in [7, 11) is 0. The molecule has 0 bridgehead atoms. The number of carbonyl (C=O) groups is 1. The highest BCUT2D eigenvalue weighted by atomic mass is 19.2. The van der Waals surface area contributed by atoms with Gasteiger partial charge in [0.1, 0.15) is 5.75 Å². The lowest BCUT2D eigenvalue weighted by atomic mass is 10.1. The molecule has 0 aliphatic rings. The van der Waals surface area contributed by atoms with Crippen molar-refractivity contribution in [2.24, 2.45) is 0 Å². The lowest BCUT2D eigenvalue weighted by Gasteiger charge is -2.14. The first-order valence-electron chi connectivity index (χ1n) is 5.63. The summed E-state index contributed by atoms with van der Waals surface area (Å²) in [4.78, 5) is 10.7. The quantitative estimate of drug-likeness (QED) is 0.368. The first kappa shape index (κ1) is 15.0. The number of aldehydes is 1. The second-order valence-corrected chi connectivity index (χ2v) is 3.98. The highest BCUT2D eigenvalue weighted by molar-refractivity contribution is 5.79. The average molecular weight is 302 g/mol. The van der Waals surface area contributed by atoms with Crippen LogP contribution in [0.1, 0.15) is 22.3 Å². The molecule has 0 aliphatic heterocycles. The molecule has 0 fully saturated rings. The summed E-state index contributed by atoms with van der Waals surface area (Å²) in [5, 5.41) is 0. The van der Waals surface area contributed by atoms with E-state index in [9.17, 15) is 26.7 Å². The maximum Gasteiger partial charge on any atom is 0.267 e. The maximum atomic E-state index is 13.9.